The number of nitrogens with one attached hydrogen (secondary N) is 1. The predicted octanol–water partition coefficient (Wildman–Crippen LogP) is 4.74. The first-order chi connectivity index (χ1) is 16.1. The number of amides is 2. The molecule has 3 N–H and O–H groups in total. The molecule has 0 bridgehead atoms. The number of carbonyl (C=O) groups is 2. The lowest BCUT2D eigenvalue weighted by Gasteiger charge is -2.27. The Labute approximate surface area is 196 Å². The van der Waals surface area contributed by atoms with E-state index < -0.39 is 5.91 Å². The molecule has 1 aliphatic rings. The number of fused-ring (bicyclic) bond motifs is 2. The van der Waals surface area contributed by atoms with Crippen LogP contribution in [0.3, 0.4) is 0 Å². The van der Waals surface area contributed by atoms with E-state index in [1.807, 2.05) is 60.7 Å². The second kappa shape index (κ2) is 9.17. The molecule has 0 atom stereocenters. The van der Waals surface area contributed by atoms with Crippen LogP contribution in [0.5, 0.6) is 0 Å². The summed E-state index contributed by atoms with van der Waals surface area (Å²) in [7, 11) is 0. The minimum absolute atomic E-state index is 0.145. The summed E-state index contributed by atoms with van der Waals surface area (Å²) in [6.45, 7) is 2.45. The fourth-order valence-electron chi connectivity index (χ4n) is 4.57. The summed E-state index contributed by atoms with van der Waals surface area (Å²) in [4.78, 5) is 28.7. The normalized spacial score (nSPS) is 13.6. The number of rotatable bonds is 6. The first-order valence-corrected chi connectivity index (χ1v) is 11.9. The molecule has 0 radical (unpaired) electrons. The van der Waals surface area contributed by atoms with E-state index in [0.717, 1.165) is 52.8 Å². The van der Waals surface area contributed by atoms with E-state index in [2.05, 4.69) is 22.3 Å². The molecule has 0 saturated carbocycles. The number of thiophene rings is 1. The van der Waals surface area contributed by atoms with Crippen LogP contribution < -0.4 is 11.1 Å². The summed E-state index contributed by atoms with van der Waals surface area (Å²) in [5, 5.41) is 5.72. The smallest absolute Gasteiger partial charge is 0.251 e. The Balaban J connectivity index is 1.35. The number of anilines is 1. The van der Waals surface area contributed by atoms with Crippen molar-refractivity contribution in [2.24, 2.45) is 5.73 Å². The minimum atomic E-state index is -0.482. The molecule has 3 aromatic carbocycles. The van der Waals surface area contributed by atoms with Crippen LogP contribution in [0.2, 0.25) is 0 Å². The lowest BCUT2D eigenvalue weighted by molar-refractivity contribution is -0.115. The van der Waals surface area contributed by atoms with E-state index in [4.69, 9.17) is 5.73 Å². The highest BCUT2D eigenvalue weighted by atomic mass is 32.1. The highest BCUT2D eigenvalue weighted by molar-refractivity contribution is 7.17. The SMILES string of the molecule is NC(=O)c1c(NC(=O)Cc2cccc3ccccc23)sc2c1CCN(Cc1ccccc1)C2. The number of benzene rings is 3. The van der Waals surface area contributed by atoms with Gasteiger partial charge in [-0.25, -0.2) is 0 Å². The summed E-state index contributed by atoms with van der Waals surface area (Å²) < 4.78 is 0. The summed E-state index contributed by atoms with van der Waals surface area (Å²) in [6.07, 6.45) is 0.985. The number of primary amides is 1. The average Bonchev–Trinajstić information content (AvgIpc) is 3.17. The highest BCUT2D eigenvalue weighted by Gasteiger charge is 2.27. The van der Waals surface area contributed by atoms with Crippen molar-refractivity contribution >= 4 is 38.9 Å². The molecule has 2 amide bonds. The van der Waals surface area contributed by atoms with Crippen LogP contribution >= 0.6 is 11.3 Å². The van der Waals surface area contributed by atoms with Crippen LogP contribution in [0.1, 0.15) is 31.9 Å². The Kier molecular flexibility index (Phi) is 5.94. The quantitative estimate of drug-likeness (QED) is 0.441. The van der Waals surface area contributed by atoms with Gasteiger partial charge in [0.15, 0.2) is 0 Å². The highest BCUT2D eigenvalue weighted by Crippen LogP contribution is 2.37. The zero-order valence-corrected chi connectivity index (χ0v) is 19.0. The molecule has 5 nitrogen and oxygen atoms in total. The van der Waals surface area contributed by atoms with E-state index in [-0.39, 0.29) is 12.3 Å². The average molecular weight is 456 g/mol. The van der Waals surface area contributed by atoms with Gasteiger partial charge in [0.05, 0.1) is 12.0 Å². The third kappa shape index (κ3) is 4.53. The second-order valence-corrected chi connectivity index (χ2v) is 9.49. The van der Waals surface area contributed by atoms with Crippen molar-refractivity contribution in [1.82, 2.24) is 4.90 Å². The zero-order valence-electron chi connectivity index (χ0n) is 18.2. The summed E-state index contributed by atoms with van der Waals surface area (Å²) >= 11 is 1.47. The third-order valence-corrected chi connectivity index (χ3v) is 7.25. The van der Waals surface area contributed by atoms with Gasteiger partial charge in [0.25, 0.3) is 5.91 Å². The van der Waals surface area contributed by atoms with E-state index in [0.29, 0.717) is 10.6 Å². The van der Waals surface area contributed by atoms with Crippen molar-refractivity contribution in [1.29, 1.82) is 0 Å². The van der Waals surface area contributed by atoms with Gasteiger partial charge in [0.2, 0.25) is 5.91 Å². The third-order valence-electron chi connectivity index (χ3n) is 6.12. The molecular weight excluding hydrogens is 430 g/mol. The first-order valence-electron chi connectivity index (χ1n) is 11.1. The molecule has 0 saturated heterocycles. The van der Waals surface area contributed by atoms with Gasteiger partial charge >= 0.3 is 0 Å². The summed E-state index contributed by atoms with van der Waals surface area (Å²) in [6, 6.07) is 24.4. The number of carbonyl (C=O) groups excluding carboxylic acids is 2. The second-order valence-electron chi connectivity index (χ2n) is 8.38. The summed E-state index contributed by atoms with van der Waals surface area (Å²) in [5.41, 5.74) is 9.42. The van der Waals surface area contributed by atoms with E-state index >= 15 is 0 Å². The van der Waals surface area contributed by atoms with Gasteiger partial charge in [-0.15, -0.1) is 11.3 Å². The Hall–Kier alpha value is -3.48. The van der Waals surface area contributed by atoms with Gasteiger partial charge < -0.3 is 11.1 Å². The number of nitrogens with two attached hydrogens (primary N) is 1. The van der Waals surface area contributed by atoms with Crippen LogP contribution in [0, 0.1) is 0 Å². The molecule has 6 heteroatoms. The van der Waals surface area contributed by atoms with Gasteiger partial charge in [-0.1, -0.05) is 72.8 Å². The van der Waals surface area contributed by atoms with Crippen molar-refractivity contribution in [2.45, 2.75) is 25.9 Å². The molecule has 2 heterocycles. The van der Waals surface area contributed by atoms with Crippen molar-refractivity contribution in [2.75, 3.05) is 11.9 Å². The van der Waals surface area contributed by atoms with Crippen molar-refractivity contribution in [3.05, 3.63) is 99.9 Å². The van der Waals surface area contributed by atoms with Crippen LogP contribution in [0.15, 0.2) is 72.8 Å². The van der Waals surface area contributed by atoms with Gasteiger partial charge in [0, 0.05) is 24.5 Å². The molecule has 5 rings (SSSR count). The molecule has 0 spiro atoms. The maximum Gasteiger partial charge on any atom is 0.251 e. The van der Waals surface area contributed by atoms with Crippen LogP contribution in [0.4, 0.5) is 5.00 Å². The summed E-state index contributed by atoms with van der Waals surface area (Å²) in [5.74, 6) is -0.627. The Morgan fingerprint density at radius 2 is 1.73 bits per heavy atom. The molecule has 4 aromatic rings. The molecule has 33 heavy (non-hydrogen) atoms. The Morgan fingerprint density at radius 1 is 0.970 bits per heavy atom. The molecule has 166 valence electrons. The zero-order chi connectivity index (χ0) is 22.8. The monoisotopic (exact) mass is 455 g/mol. The van der Waals surface area contributed by atoms with Crippen molar-refractivity contribution < 1.29 is 9.59 Å². The molecule has 0 aliphatic carbocycles. The van der Waals surface area contributed by atoms with Gasteiger partial charge in [-0.3, -0.25) is 14.5 Å². The van der Waals surface area contributed by atoms with Gasteiger partial charge in [-0.2, -0.15) is 0 Å². The van der Waals surface area contributed by atoms with E-state index in [1.165, 1.54) is 16.9 Å². The molecular formula is C27H25N3O2S. The first kappa shape index (κ1) is 21.4. The van der Waals surface area contributed by atoms with E-state index in [9.17, 15) is 9.59 Å². The van der Waals surface area contributed by atoms with Crippen LogP contribution in [-0.4, -0.2) is 23.3 Å². The van der Waals surface area contributed by atoms with Crippen LogP contribution in [-0.2, 0) is 30.7 Å². The number of hydrogen-bond donors (Lipinski definition) is 2. The fraction of sp³-hybridized carbons (Fsp3) is 0.185. The lowest BCUT2D eigenvalue weighted by Crippen LogP contribution is -2.30. The predicted molar refractivity (Wildman–Crippen MR) is 133 cm³/mol. The lowest BCUT2D eigenvalue weighted by atomic mass is 10.0. The molecule has 0 unspecified atom stereocenters. The Bertz CT molecular complexity index is 1320. The maximum atomic E-state index is 13.0. The maximum absolute atomic E-state index is 13.0. The van der Waals surface area contributed by atoms with Crippen LogP contribution in [0.25, 0.3) is 10.8 Å². The van der Waals surface area contributed by atoms with Gasteiger partial charge in [0.1, 0.15) is 5.00 Å². The number of hydrogen-bond acceptors (Lipinski definition) is 4. The standard InChI is InChI=1S/C27H25N3O2S/c28-26(32)25-22-13-14-30(16-18-7-2-1-3-8-18)17-23(22)33-27(25)29-24(31)15-20-11-6-10-19-9-4-5-12-21(19)20/h1-12H,13-17H2,(H2,28,32)(H,29,31). The molecule has 1 aromatic heterocycles. The fourth-order valence-corrected chi connectivity index (χ4v) is 5.88. The van der Waals surface area contributed by atoms with E-state index in [1.54, 1.807) is 0 Å². The van der Waals surface area contributed by atoms with Crippen molar-refractivity contribution in [3.8, 4) is 0 Å². The van der Waals surface area contributed by atoms with Gasteiger partial charge in [-0.05, 0) is 33.9 Å². The van der Waals surface area contributed by atoms with Crippen molar-refractivity contribution in [3.63, 3.8) is 0 Å². The number of nitrogens with zero attached hydrogens (tertiary/aromatic N) is 1. The topological polar surface area (TPSA) is 75.4 Å². The minimum Gasteiger partial charge on any atom is -0.365 e. The largest absolute Gasteiger partial charge is 0.365 e. The molecule has 0 fully saturated rings. The Morgan fingerprint density at radius 3 is 2.55 bits per heavy atom. The molecule has 1 aliphatic heterocycles.